The summed E-state index contributed by atoms with van der Waals surface area (Å²) < 4.78 is 10.9. The van der Waals surface area contributed by atoms with Crippen LogP contribution in [0.25, 0.3) is 22.1 Å². The number of ether oxygens (including phenoxy) is 1. The Balaban J connectivity index is 1.45. The fourth-order valence-corrected chi connectivity index (χ4v) is 4.27. The largest absolute Gasteiger partial charge is 0.439 e. The highest BCUT2D eigenvalue weighted by Crippen LogP contribution is 2.29. The highest BCUT2D eigenvalue weighted by molar-refractivity contribution is 5.96. The van der Waals surface area contributed by atoms with E-state index in [0.717, 1.165) is 18.2 Å². The number of hydrogen-bond acceptors (Lipinski definition) is 5. The van der Waals surface area contributed by atoms with Gasteiger partial charge in [0.25, 0.3) is 5.91 Å². The second kappa shape index (κ2) is 7.02. The molecular formula is C23H20N2O5. The van der Waals surface area contributed by atoms with Gasteiger partial charge < -0.3 is 19.4 Å². The molecule has 1 spiro atoms. The van der Waals surface area contributed by atoms with Gasteiger partial charge in [-0.3, -0.25) is 4.79 Å². The molecule has 2 fully saturated rings. The minimum Gasteiger partial charge on any atom is -0.439 e. The standard InChI is InChI=1S/C23H20N2O5/c26-20(25-10-4-9-23(14-25)13-24-22(28)30-23)17-7-3-6-15(11-17)18-12-16-5-1-2-8-19(16)29-21(18)27/h1-3,5-8,11-12H,4,9-10,13-14H2,(H,24,28). The number of piperidine rings is 1. The van der Waals surface area contributed by atoms with Gasteiger partial charge in [-0.15, -0.1) is 0 Å². The molecule has 0 saturated carbocycles. The van der Waals surface area contributed by atoms with Crippen LogP contribution in [-0.4, -0.2) is 42.1 Å². The van der Waals surface area contributed by atoms with E-state index in [4.69, 9.17) is 9.15 Å². The Morgan fingerprint density at radius 2 is 1.93 bits per heavy atom. The van der Waals surface area contributed by atoms with Crippen LogP contribution < -0.4 is 10.9 Å². The fourth-order valence-electron chi connectivity index (χ4n) is 4.27. The third-order valence-electron chi connectivity index (χ3n) is 5.75. The summed E-state index contributed by atoms with van der Waals surface area (Å²) in [5.74, 6) is -0.149. The second-order valence-corrected chi connectivity index (χ2v) is 7.82. The van der Waals surface area contributed by atoms with Gasteiger partial charge in [-0.25, -0.2) is 9.59 Å². The molecule has 0 aliphatic carbocycles. The lowest BCUT2D eigenvalue weighted by molar-refractivity contribution is -0.00503. The zero-order valence-corrected chi connectivity index (χ0v) is 16.2. The van der Waals surface area contributed by atoms with Crippen LogP contribution in [0.3, 0.4) is 0 Å². The first-order chi connectivity index (χ1) is 14.5. The highest BCUT2D eigenvalue weighted by Gasteiger charge is 2.44. The molecule has 7 nitrogen and oxygen atoms in total. The van der Waals surface area contributed by atoms with E-state index in [-0.39, 0.29) is 5.91 Å². The summed E-state index contributed by atoms with van der Waals surface area (Å²) in [4.78, 5) is 38.9. The molecule has 1 N–H and O–H groups in total. The van der Waals surface area contributed by atoms with Crippen molar-refractivity contribution in [3.8, 4) is 11.1 Å². The zero-order chi connectivity index (χ0) is 20.7. The number of alkyl carbamates (subject to hydrolysis) is 1. The van der Waals surface area contributed by atoms with Crippen LogP contribution in [-0.2, 0) is 4.74 Å². The Morgan fingerprint density at radius 1 is 1.07 bits per heavy atom. The van der Waals surface area contributed by atoms with E-state index in [0.29, 0.717) is 41.9 Å². The molecule has 30 heavy (non-hydrogen) atoms. The van der Waals surface area contributed by atoms with Crippen molar-refractivity contribution in [1.82, 2.24) is 10.2 Å². The Kier molecular flexibility index (Phi) is 4.31. The number of carbonyl (C=O) groups is 2. The first-order valence-electron chi connectivity index (χ1n) is 9.93. The summed E-state index contributed by atoms with van der Waals surface area (Å²) in [5.41, 5.74) is 0.945. The molecule has 2 aromatic carbocycles. The molecule has 2 aliphatic rings. The van der Waals surface area contributed by atoms with Crippen molar-refractivity contribution in [3.05, 3.63) is 70.6 Å². The number of nitrogens with one attached hydrogen (secondary N) is 1. The average molecular weight is 404 g/mol. The number of para-hydroxylation sites is 1. The molecule has 5 rings (SSSR count). The third-order valence-corrected chi connectivity index (χ3v) is 5.75. The summed E-state index contributed by atoms with van der Waals surface area (Å²) in [6.07, 6.45) is 1.05. The molecule has 3 heterocycles. The monoisotopic (exact) mass is 404 g/mol. The first kappa shape index (κ1) is 18.4. The lowest BCUT2D eigenvalue weighted by atomic mass is 9.92. The lowest BCUT2D eigenvalue weighted by Gasteiger charge is -2.38. The first-order valence-corrected chi connectivity index (χ1v) is 9.93. The van der Waals surface area contributed by atoms with E-state index >= 15 is 0 Å². The summed E-state index contributed by atoms with van der Waals surface area (Å²) >= 11 is 0. The molecule has 2 saturated heterocycles. The van der Waals surface area contributed by atoms with Gasteiger partial charge in [-0.05, 0) is 42.7 Å². The van der Waals surface area contributed by atoms with Crippen molar-refractivity contribution in [1.29, 1.82) is 0 Å². The molecule has 152 valence electrons. The Hall–Kier alpha value is -3.61. The predicted octanol–water partition coefficient (Wildman–Crippen LogP) is 3.17. The molecule has 2 amide bonds. The van der Waals surface area contributed by atoms with Crippen LogP contribution >= 0.6 is 0 Å². The number of amides is 2. The Morgan fingerprint density at radius 3 is 2.77 bits per heavy atom. The summed E-state index contributed by atoms with van der Waals surface area (Å²) in [6, 6.07) is 16.1. The normalized spacial score (nSPS) is 20.9. The van der Waals surface area contributed by atoms with Crippen molar-refractivity contribution in [2.75, 3.05) is 19.6 Å². The molecule has 1 aromatic heterocycles. The third kappa shape index (κ3) is 3.22. The molecule has 0 radical (unpaired) electrons. The van der Waals surface area contributed by atoms with E-state index < -0.39 is 17.3 Å². The number of nitrogens with zero attached hydrogens (tertiary/aromatic N) is 1. The van der Waals surface area contributed by atoms with Crippen LogP contribution in [0.1, 0.15) is 23.2 Å². The van der Waals surface area contributed by atoms with Crippen LogP contribution in [0.4, 0.5) is 4.79 Å². The predicted molar refractivity (Wildman–Crippen MR) is 110 cm³/mol. The average Bonchev–Trinajstić information content (AvgIpc) is 3.12. The van der Waals surface area contributed by atoms with Gasteiger partial charge in [0.2, 0.25) is 0 Å². The van der Waals surface area contributed by atoms with Crippen molar-refractivity contribution in [2.45, 2.75) is 18.4 Å². The number of benzene rings is 2. The number of rotatable bonds is 2. The van der Waals surface area contributed by atoms with Crippen LogP contribution in [0.2, 0.25) is 0 Å². The number of carbonyl (C=O) groups excluding carboxylic acids is 2. The molecular weight excluding hydrogens is 384 g/mol. The maximum Gasteiger partial charge on any atom is 0.407 e. The maximum absolute atomic E-state index is 13.2. The number of likely N-dealkylation sites (tertiary alicyclic amines) is 1. The van der Waals surface area contributed by atoms with E-state index in [2.05, 4.69) is 5.32 Å². The molecule has 7 heteroatoms. The molecule has 3 aromatic rings. The quantitative estimate of drug-likeness (QED) is 0.663. The van der Waals surface area contributed by atoms with Gasteiger partial charge in [-0.1, -0.05) is 30.3 Å². The van der Waals surface area contributed by atoms with Gasteiger partial charge in [0.15, 0.2) is 0 Å². The van der Waals surface area contributed by atoms with Crippen LogP contribution in [0.5, 0.6) is 0 Å². The zero-order valence-electron chi connectivity index (χ0n) is 16.2. The Bertz CT molecular complexity index is 1220. The minimum absolute atomic E-state index is 0.149. The molecule has 1 unspecified atom stereocenters. The van der Waals surface area contributed by atoms with Gasteiger partial charge in [-0.2, -0.15) is 0 Å². The second-order valence-electron chi connectivity index (χ2n) is 7.82. The fraction of sp³-hybridized carbons (Fsp3) is 0.261. The van der Waals surface area contributed by atoms with Crippen molar-refractivity contribution in [3.63, 3.8) is 0 Å². The van der Waals surface area contributed by atoms with E-state index in [1.807, 2.05) is 18.2 Å². The summed E-state index contributed by atoms with van der Waals surface area (Å²) in [7, 11) is 0. The number of hydrogen-bond donors (Lipinski definition) is 1. The van der Waals surface area contributed by atoms with Crippen molar-refractivity contribution >= 4 is 23.0 Å². The molecule has 1 atom stereocenters. The smallest absolute Gasteiger partial charge is 0.407 e. The van der Waals surface area contributed by atoms with Gasteiger partial charge in [0.05, 0.1) is 18.7 Å². The minimum atomic E-state index is -0.651. The summed E-state index contributed by atoms with van der Waals surface area (Å²) in [5, 5.41) is 3.50. The van der Waals surface area contributed by atoms with E-state index in [9.17, 15) is 14.4 Å². The summed E-state index contributed by atoms with van der Waals surface area (Å²) in [6.45, 7) is 1.36. The van der Waals surface area contributed by atoms with Crippen molar-refractivity contribution in [2.24, 2.45) is 0 Å². The Labute approximate surface area is 172 Å². The topological polar surface area (TPSA) is 88.9 Å². The molecule has 0 bridgehead atoms. The maximum atomic E-state index is 13.2. The van der Waals surface area contributed by atoms with Crippen LogP contribution in [0, 0.1) is 0 Å². The van der Waals surface area contributed by atoms with Gasteiger partial charge >= 0.3 is 11.7 Å². The van der Waals surface area contributed by atoms with E-state index in [1.165, 1.54) is 0 Å². The molecule has 2 aliphatic heterocycles. The highest BCUT2D eigenvalue weighted by atomic mass is 16.6. The van der Waals surface area contributed by atoms with Gasteiger partial charge in [0.1, 0.15) is 11.2 Å². The SMILES string of the molecule is O=C1NCC2(CCCN(C(=O)c3cccc(-c4cc5ccccc5oc4=O)c3)C2)O1. The van der Waals surface area contributed by atoms with Crippen molar-refractivity contribution < 1.29 is 18.7 Å². The lowest BCUT2D eigenvalue weighted by Crippen LogP contribution is -2.52. The van der Waals surface area contributed by atoms with E-state index in [1.54, 1.807) is 41.3 Å². The number of fused-ring (bicyclic) bond motifs is 1. The van der Waals surface area contributed by atoms with Gasteiger partial charge in [0, 0.05) is 17.5 Å². The van der Waals surface area contributed by atoms with Crippen LogP contribution in [0.15, 0.2) is 63.8 Å².